The molecule has 6 nitrogen and oxygen atoms in total. The van der Waals surface area contributed by atoms with Crippen LogP contribution in [0.3, 0.4) is 0 Å². The molecule has 2 aliphatic rings. The number of hydrogen-bond donors (Lipinski definition) is 0. The van der Waals surface area contributed by atoms with Crippen molar-refractivity contribution >= 4 is 21.6 Å². The fourth-order valence-corrected chi connectivity index (χ4v) is 5.26. The third-order valence-electron chi connectivity index (χ3n) is 4.73. The first kappa shape index (κ1) is 17.4. The minimum Gasteiger partial charge on any atom is -0.375 e. The Bertz CT molecular complexity index is 773. The molecule has 1 atom stereocenters. The summed E-state index contributed by atoms with van der Waals surface area (Å²) in [6.45, 7) is 8.47. The first-order chi connectivity index (χ1) is 11.1. The zero-order valence-electron chi connectivity index (χ0n) is 14.6. The van der Waals surface area contributed by atoms with Gasteiger partial charge in [0, 0.05) is 25.7 Å². The Balaban J connectivity index is 1.98. The number of carbonyl (C=O) groups is 1. The molecule has 1 unspecified atom stereocenters. The lowest BCUT2D eigenvalue weighted by Gasteiger charge is -2.43. The van der Waals surface area contributed by atoms with E-state index in [4.69, 9.17) is 4.74 Å². The highest BCUT2D eigenvalue weighted by Gasteiger charge is 2.42. The van der Waals surface area contributed by atoms with E-state index in [2.05, 4.69) is 0 Å². The number of benzene rings is 1. The summed E-state index contributed by atoms with van der Waals surface area (Å²) < 4.78 is 33.5. The Labute approximate surface area is 143 Å². The summed E-state index contributed by atoms with van der Waals surface area (Å²) in [7, 11) is -3.61. The summed E-state index contributed by atoms with van der Waals surface area (Å²) in [5, 5.41) is 0. The molecule has 2 heterocycles. The van der Waals surface area contributed by atoms with Crippen molar-refractivity contribution in [2.45, 2.75) is 50.7 Å². The topological polar surface area (TPSA) is 66.9 Å². The van der Waals surface area contributed by atoms with Gasteiger partial charge in [-0.25, -0.2) is 8.42 Å². The second-order valence-electron chi connectivity index (χ2n) is 7.18. The molecule has 0 aromatic heterocycles. The lowest BCUT2D eigenvalue weighted by Crippen LogP contribution is -2.57. The molecule has 0 aliphatic carbocycles. The lowest BCUT2D eigenvalue weighted by atomic mass is 10.1. The first-order valence-corrected chi connectivity index (χ1v) is 9.62. The molecule has 1 fully saturated rings. The number of rotatable bonds is 2. The van der Waals surface area contributed by atoms with E-state index in [1.54, 1.807) is 23.1 Å². The van der Waals surface area contributed by atoms with Crippen LogP contribution in [0, 0.1) is 0 Å². The molecule has 1 saturated heterocycles. The van der Waals surface area contributed by atoms with Crippen LogP contribution in [0.4, 0.5) is 5.69 Å². The van der Waals surface area contributed by atoms with Crippen molar-refractivity contribution in [1.82, 2.24) is 4.31 Å². The van der Waals surface area contributed by atoms with Crippen LogP contribution < -0.4 is 4.90 Å². The van der Waals surface area contributed by atoms with Crippen LogP contribution in [0.2, 0.25) is 0 Å². The van der Waals surface area contributed by atoms with Crippen molar-refractivity contribution in [3.8, 4) is 0 Å². The van der Waals surface area contributed by atoms with Gasteiger partial charge in [-0.3, -0.25) is 4.79 Å². The summed E-state index contributed by atoms with van der Waals surface area (Å²) in [4.78, 5) is 13.6. The largest absolute Gasteiger partial charge is 0.375 e. The molecule has 24 heavy (non-hydrogen) atoms. The Morgan fingerprint density at radius 1 is 1.33 bits per heavy atom. The van der Waals surface area contributed by atoms with Crippen molar-refractivity contribution in [2.24, 2.45) is 0 Å². The maximum absolute atomic E-state index is 13.2. The number of amides is 1. The third kappa shape index (κ3) is 2.85. The fraction of sp³-hybridized carbons (Fsp3) is 0.588. The van der Waals surface area contributed by atoms with E-state index < -0.39 is 15.6 Å². The van der Waals surface area contributed by atoms with E-state index in [0.717, 1.165) is 11.3 Å². The molecule has 3 rings (SSSR count). The number of ether oxygens (including phenoxy) is 1. The molecule has 0 saturated carbocycles. The molecule has 1 aromatic carbocycles. The molecule has 0 N–H and O–H groups in total. The molecule has 2 aliphatic heterocycles. The molecule has 0 bridgehead atoms. The highest BCUT2D eigenvalue weighted by atomic mass is 32.2. The average molecular weight is 352 g/mol. The van der Waals surface area contributed by atoms with Crippen LogP contribution in [0.25, 0.3) is 0 Å². The highest BCUT2D eigenvalue weighted by molar-refractivity contribution is 7.89. The summed E-state index contributed by atoms with van der Waals surface area (Å²) in [6.07, 6.45) is 0.552. The minimum absolute atomic E-state index is 0.0208. The van der Waals surface area contributed by atoms with Gasteiger partial charge in [-0.1, -0.05) is 0 Å². The van der Waals surface area contributed by atoms with Gasteiger partial charge < -0.3 is 9.64 Å². The molecular formula is C17H24N2O4S. The SMILES string of the molecule is CC(=O)N1CCc2cc(S(=O)(=O)N3CC(C)OCC3(C)C)ccc21. The van der Waals surface area contributed by atoms with Crippen LogP contribution in [-0.2, 0) is 26.0 Å². The lowest BCUT2D eigenvalue weighted by molar-refractivity contribution is -0.116. The minimum atomic E-state index is -3.61. The molecule has 1 amide bonds. The van der Waals surface area contributed by atoms with E-state index in [9.17, 15) is 13.2 Å². The number of hydrogen-bond acceptors (Lipinski definition) is 4. The molecular weight excluding hydrogens is 328 g/mol. The first-order valence-electron chi connectivity index (χ1n) is 8.18. The van der Waals surface area contributed by atoms with Gasteiger partial charge in [-0.2, -0.15) is 4.31 Å². The predicted octanol–water partition coefficient (Wildman–Crippen LogP) is 1.78. The summed E-state index contributed by atoms with van der Waals surface area (Å²) >= 11 is 0. The Morgan fingerprint density at radius 2 is 2.04 bits per heavy atom. The summed E-state index contributed by atoms with van der Waals surface area (Å²) in [6, 6.07) is 5.06. The van der Waals surface area contributed by atoms with Crippen LogP contribution in [-0.4, -0.2) is 50.0 Å². The van der Waals surface area contributed by atoms with Crippen LogP contribution in [0.5, 0.6) is 0 Å². The monoisotopic (exact) mass is 352 g/mol. The van der Waals surface area contributed by atoms with E-state index >= 15 is 0 Å². The van der Waals surface area contributed by atoms with Crippen LogP contribution in [0.15, 0.2) is 23.1 Å². The van der Waals surface area contributed by atoms with Crippen LogP contribution in [0.1, 0.15) is 33.3 Å². The van der Waals surface area contributed by atoms with Crippen molar-refractivity contribution in [2.75, 3.05) is 24.6 Å². The van der Waals surface area contributed by atoms with Crippen molar-refractivity contribution in [3.05, 3.63) is 23.8 Å². The number of morpholine rings is 1. The quantitative estimate of drug-likeness (QED) is 0.814. The standard InChI is InChI=1S/C17H24N2O4S/c1-12-10-19(17(3,4)11-23-12)24(21,22)15-5-6-16-14(9-15)7-8-18(16)13(2)20/h5-6,9,12H,7-8,10-11H2,1-4H3. The zero-order chi connectivity index (χ0) is 17.7. The van der Waals surface area contributed by atoms with Crippen molar-refractivity contribution in [1.29, 1.82) is 0 Å². The predicted molar refractivity (Wildman–Crippen MR) is 91.6 cm³/mol. The highest BCUT2D eigenvalue weighted by Crippen LogP contribution is 2.34. The normalized spacial score (nSPS) is 24.0. The van der Waals surface area contributed by atoms with Gasteiger partial charge >= 0.3 is 0 Å². The number of carbonyl (C=O) groups excluding carboxylic acids is 1. The molecule has 7 heteroatoms. The Hall–Kier alpha value is -1.44. The van der Waals surface area contributed by atoms with Gasteiger partial charge in [0.25, 0.3) is 0 Å². The smallest absolute Gasteiger partial charge is 0.243 e. The summed E-state index contributed by atoms with van der Waals surface area (Å²) in [5.41, 5.74) is 1.14. The van der Waals surface area contributed by atoms with E-state index in [0.29, 0.717) is 26.1 Å². The molecule has 1 aromatic rings. The van der Waals surface area contributed by atoms with Crippen molar-refractivity contribution < 1.29 is 17.9 Å². The van der Waals surface area contributed by atoms with Gasteiger partial charge in [0.05, 0.1) is 23.1 Å². The Kier molecular flexibility index (Phi) is 4.22. The van der Waals surface area contributed by atoms with Crippen molar-refractivity contribution in [3.63, 3.8) is 0 Å². The maximum Gasteiger partial charge on any atom is 0.243 e. The maximum atomic E-state index is 13.2. The van der Waals surface area contributed by atoms with Gasteiger partial charge in [-0.15, -0.1) is 0 Å². The van der Waals surface area contributed by atoms with E-state index in [-0.39, 0.29) is 16.9 Å². The average Bonchev–Trinajstić information content (AvgIpc) is 2.92. The number of nitrogens with zero attached hydrogens (tertiary/aromatic N) is 2. The van der Waals surface area contributed by atoms with Crippen LogP contribution >= 0.6 is 0 Å². The van der Waals surface area contributed by atoms with Gasteiger partial charge in [0.15, 0.2) is 0 Å². The fourth-order valence-electron chi connectivity index (χ4n) is 3.37. The Morgan fingerprint density at radius 3 is 2.71 bits per heavy atom. The van der Waals surface area contributed by atoms with E-state index in [1.807, 2.05) is 20.8 Å². The molecule has 132 valence electrons. The second-order valence-corrected chi connectivity index (χ2v) is 9.04. The molecule has 0 spiro atoms. The third-order valence-corrected chi connectivity index (χ3v) is 6.81. The second kappa shape index (κ2) is 5.82. The number of anilines is 1. The number of sulfonamides is 1. The zero-order valence-corrected chi connectivity index (χ0v) is 15.4. The summed E-state index contributed by atoms with van der Waals surface area (Å²) in [5.74, 6) is -0.0208. The van der Waals surface area contributed by atoms with Gasteiger partial charge in [-0.05, 0) is 51.0 Å². The molecule has 0 radical (unpaired) electrons. The van der Waals surface area contributed by atoms with Gasteiger partial charge in [0.1, 0.15) is 0 Å². The van der Waals surface area contributed by atoms with E-state index in [1.165, 1.54) is 11.2 Å². The van der Waals surface area contributed by atoms with Gasteiger partial charge in [0.2, 0.25) is 15.9 Å². The number of fused-ring (bicyclic) bond motifs is 1.